The Bertz CT molecular complexity index is 1310. The van der Waals surface area contributed by atoms with Gasteiger partial charge >= 0.3 is 18.3 Å². The zero-order chi connectivity index (χ0) is 24.9. The molecule has 0 saturated carbocycles. The van der Waals surface area contributed by atoms with Crippen LogP contribution in [0.5, 0.6) is 0 Å². The van der Waals surface area contributed by atoms with E-state index >= 15 is 0 Å². The Kier molecular flexibility index (Phi) is 5.53. The maximum absolute atomic E-state index is 14.2. The molecule has 1 aliphatic heterocycles. The standard InChI is InChI=1S/C23H14F7NO3/c1-33-20(32)16-8-7-15(13-4-2-3-5-14(13)16)19-11-21(34-31-19,23(28,29)30)12-6-9-18(24)17(10-12)22(25,26)27/h2-10H,11H2,1H3. The summed E-state index contributed by atoms with van der Waals surface area (Å²) in [5, 5.41) is 4.30. The Morgan fingerprint density at radius 1 is 1.00 bits per heavy atom. The van der Waals surface area contributed by atoms with Crippen LogP contribution in [0.3, 0.4) is 0 Å². The van der Waals surface area contributed by atoms with Gasteiger partial charge in [-0.05, 0) is 29.0 Å². The SMILES string of the molecule is COC(=O)c1ccc(C2=NOC(c3ccc(F)c(C(F)(F)F)c3)(C(F)(F)F)C2)c2ccccc12. The first-order chi connectivity index (χ1) is 15.9. The summed E-state index contributed by atoms with van der Waals surface area (Å²) in [5.74, 6) is -2.37. The second-order valence-electron chi connectivity index (χ2n) is 7.52. The monoisotopic (exact) mass is 485 g/mol. The van der Waals surface area contributed by atoms with Gasteiger partial charge in [0.05, 0.1) is 23.9 Å². The number of rotatable bonds is 3. The first-order valence-electron chi connectivity index (χ1n) is 9.68. The average Bonchev–Trinajstić information content (AvgIpc) is 3.24. The number of methoxy groups -OCH3 is 1. The summed E-state index contributed by atoms with van der Waals surface area (Å²) >= 11 is 0. The van der Waals surface area contributed by atoms with Crippen LogP contribution in [0.25, 0.3) is 10.8 Å². The third-order valence-corrected chi connectivity index (χ3v) is 5.56. The lowest BCUT2D eigenvalue weighted by Gasteiger charge is -2.30. The number of oxime groups is 1. The summed E-state index contributed by atoms with van der Waals surface area (Å²) in [6.45, 7) is 0. The third-order valence-electron chi connectivity index (χ3n) is 5.56. The fourth-order valence-electron chi connectivity index (χ4n) is 3.88. The van der Waals surface area contributed by atoms with Crippen molar-refractivity contribution in [1.29, 1.82) is 0 Å². The third kappa shape index (κ3) is 3.74. The molecule has 0 fully saturated rings. The predicted octanol–water partition coefficient (Wildman–Crippen LogP) is 6.37. The van der Waals surface area contributed by atoms with Crippen LogP contribution in [0, 0.1) is 5.82 Å². The number of ether oxygens (including phenoxy) is 1. The fourth-order valence-corrected chi connectivity index (χ4v) is 3.88. The minimum Gasteiger partial charge on any atom is -0.465 e. The van der Waals surface area contributed by atoms with Crippen molar-refractivity contribution in [2.24, 2.45) is 5.16 Å². The van der Waals surface area contributed by atoms with E-state index in [1.54, 1.807) is 24.3 Å². The van der Waals surface area contributed by atoms with E-state index in [-0.39, 0.29) is 22.9 Å². The maximum Gasteiger partial charge on any atom is 0.435 e. The van der Waals surface area contributed by atoms with Gasteiger partial charge in [0, 0.05) is 17.5 Å². The number of hydrogen-bond acceptors (Lipinski definition) is 4. The topological polar surface area (TPSA) is 47.9 Å². The largest absolute Gasteiger partial charge is 0.465 e. The summed E-state index contributed by atoms with van der Waals surface area (Å²) in [4.78, 5) is 16.9. The highest BCUT2D eigenvalue weighted by atomic mass is 19.4. The Balaban J connectivity index is 1.83. The van der Waals surface area contributed by atoms with Crippen molar-refractivity contribution < 1.29 is 45.1 Å². The average molecular weight is 485 g/mol. The number of carbonyl (C=O) groups is 1. The van der Waals surface area contributed by atoms with E-state index in [1.165, 1.54) is 19.2 Å². The van der Waals surface area contributed by atoms with Gasteiger partial charge in [0.15, 0.2) is 0 Å². The van der Waals surface area contributed by atoms with Crippen molar-refractivity contribution in [3.05, 3.63) is 82.7 Å². The van der Waals surface area contributed by atoms with Gasteiger partial charge in [0.2, 0.25) is 0 Å². The lowest BCUT2D eigenvalue weighted by molar-refractivity contribution is -0.276. The molecule has 178 valence electrons. The molecule has 4 nitrogen and oxygen atoms in total. The molecule has 0 bridgehead atoms. The molecule has 0 radical (unpaired) electrons. The number of nitrogens with zero attached hydrogens (tertiary/aromatic N) is 1. The van der Waals surface area contributed by atoms with Crippen LogP contribution in [0.2, 0.25) is 0 Å². The maximum atomic E-state index is 14.2. The zero-order valence-corrected chi connectivity index (χ0v) is 17.2. The molecule has 4 rings (SSSR count). The predicted molar refractivity (Wildman–Crippen MR) is 107 cm³/mol. The Morgan fingerprint density at radius 2 is 1.68 bits per heavy atom. The van der Waals surface area contributed by atoms with Crippen molar-refractivity contribution in [2.45, 2.75) is 24.4 Å². The highest BCUT2D eigenvalue weighted by Gasteiger charge is 2.62. The number of halogens is 7. The Hall–Kier alpha value is -3.63. The number of benzene rings is 3. The highest BCUT2D eigenvalue weighted by Crippen LogP contribution is 2.50. The molecular formula is C23H14F7NO3. The van der Waals surface area contributed by atoms with Crippen LogP contribution >= 0.6 is 0 Å². The van der Waals surface area contributed by atoms with E-state index in [4.69, 9.17) is 9.57 Å². The molecule has 1 heterocycles. The van der Waals surface area contributed by atoms with Crippen LogP contribution in [0.1, 0.15) is 33.5 Å². The number of carbonyl (C=O) groups excluding carboxylic acids is 1. The van der Waals surface area contributed by atoms with E-state index in [0.717, 1.165) is 0 Å². The molecule has 34 heavy (non-hydrogen) atoms. The number of esters is 1. The summed E-state index contributed by atoms with van der Waals surface area (Å²) in [5.41, 5.74) is -5.91. The smallest absolute Gasteiger partial charge is 0.435 e. The van der Waals surface area contributed by atoms with E-state index in [0.29, 0.717) is 22.9 Å². The lowest BCUT2D eigenvalue weighted by Crippen LogP contribution is -2.43. The van der Waals surface area contributed by atoms with E-state index in [2.05, 4.69) is 5.16 Å². The molecule has 0 aromatic heterocycles. The summed E-state index contributed by atoms with van der Waals surface area (Å²) in [6, 6.07) is 10.0. The van der Waals surface area contributed by atoms with E-state index in [1.807, 2.05) is 0 Å². The van der Waals surface area contributed by atoms with Gasteiger partial charge in [-0.2, -0.15) is 26.3 Å². The molecule has 3 aromatic rings. The van der Waals surface area contributed by atoms with Gasteiger partial charge < -0.3 is 9.57 Å². The molecule has 1 aliphatic rings. The van der Waals surface area contributed by atoms with Gasteiger partial charge in [0.1, 0.15) is 5.82 Å². The van der Waals surface area contributed by atoms with Crippen molar-refractivity contribution >= 4 is 22.5 Å². The molecule has 0 aliphatic carbocycles. The lowest BCUT2D eigenvalue weighted by atomic mass is 9.84. The minimum atomic E-state index is -5.21. The molecule has 0 spiro atoms. The molecule has 0 N–H and O–H groups in total. The van der Waals surface area contributed by atoms with Crippen molar-refractivity contribution in [2.75, 3.05) is 7.11 Å². The Labute approximate surface area is 187 Å². The van der Waals surface area contributed by atoms with Gasteiger partial charge in [0.25, 0.3) is 5.60 Å². The highest BCUT2D eigenvalue weighted by molar-refractivity contribution is 6.15. The molecule has 1 atom stereocenters. The molecule has 0 amide bonds. The summed E-state index contributed by atoms with van der Waals surface area (Å²) in [7, 11) is 1.18. The summed E-state index contributed by atoms with van der Waals surface area (Å²) in [6.07, 6.45) is -11.4. The molecule has 11 heteroatoms. The van der Waals surface area contributed by atoms with E-state index in [9.17, 15) is 35.5 Å². The quantitative estimate of drug-likeness (QED) is 0.320. The zero-order valence-electron chi connectivity index (χ0n) is 17.2. The fraction of sp³-hybridized carbons (Fsp3) is 0.217. The molecule has 3 aromatic carbocycles. The van der Waals surface area contributed by atoms with Crippen LogP contribution in [-0.4, -0.2) is 25.0 Å². The van der Waals surface area contributed by atoms with Crippen LogP contribution in [-0.2, 0) is 21.4 Å². The van der Waals surface area contributed by atoms with Crippen LogP contribution < -0.4 is 0 Å². The van der Waals surface area contributed by atoms with Crippen molar-refractivity contribution in [1.82, 2.24) is 0 Å². The van der Waals surface area contributed by atoms with Gasteiger partial charge in [-0.3, -0.25) is 0 Å². The van der Waals surface area contributed by atoms with Crippen LogP contribution in [0.4, 0.5) is 30.7 Å². The van der Waals surface area contributed by atoms with Gasteiger partial charge in [-0.25, -0.2) is 9.18 Å². The number of hydrogen-bond donors (Lipinski definition) is 0. The second-order valence-corrected chi connectivity index (χ2v) is 7.52. The first kappa shape index (κ1) is 23.5. The number of alkyl halides is 6. The molecule has 0 saturated heterocycles. The first-order valence-corrected chi connectivity index (χ1v) is 9.68. The second kappa shape index (κ2) is 8.00. The van der Waals surface area contributed by atoms with Gasteiger partial charge in [-0.1, -0.05) is 41.6 Å². The number of fused-ring (bicyclic) bond motifs is 1. The normalized spacial score (nSPS) is 18.5. The van der Waals surface area contributed by atoms with Gasteiger partial charge in [-0.15, -0.1) is 0 Å². The molecular weight excluding hydrogens is 471 g/mol. The summed E-state index contributed by atoms with van der Waals surface area (Å²) < 4.78 is 101. The minimum absolute atomic E-state index is 0.0831. The van der Waals surface area contributed by atoms with Crippen molar-refractivity contribution in [3.63, 3.8) is 0 Å². The molecule has 1 unspecified atom stereocenters. The Morgan fingerprint density at radius 3 is 2.29 bits per heavy atom. The van der Waals surface area contributed by atoms with Crippen LogP contribution in [0.15, 0.2) is 59.8 Å². The van der Waals surface area contributed by atoms with E-state index < -0.39 is 47.3 Å². The van der Waals surface area contributed by atoms with Crippen molar-refractivity contribution in [3.8, 4) is 0 Å².